The van der Waals surface area contributed by atoms with Crippen molar-refractivity contribution in [1.29, 1.82) is 0 Å². The molecule has 1 aromatic heterocycles. The van der Waals surface area contributed by atoms with Crippen LogP contribution in [-0.4, -0.2) is 16.0 Å². The Bertz CT molecular complexity index is 496. The van der Waals surface area contributed by atoms with Gasteiger partial charge < -0.3 is 5.73 Å². The van der Waals surface area contributed by atoms with Crippen LogP contribution in [0.5, 0.6) is 0 Å². The Morgan fingerprint density at radius 2 is 2.25 bits per heavy atom. The molecular weight excluding hydrogens is 225 g/mol. The van der Waals surface area contributed by atoms with Gasteiger partial charge in [-0.15, -0.1) is 11.8 Å². The largest absolute Gasteiger partial charge is 0.384 e. The monoisotopic (exact) mass is 237 g/mol. The van der Waals surface area contributed by atoms with Gasteiger partial charge in [-0.05, 0) is 24.0 Å². The highest BCUT2D eigenvalue weighted by molar-refractivity contribution is 7.98. The molecule has 0 aliphatic heterocycles. The van der Waals surface area contributed by atoms with E-state index in [1.165, 1.54) is 23.9 Å². The van der Waals surface area contributed by atoms with Crippen molar-refractivity contribution >= 4 is 17.6 Å². The van der Waals surface area contributed by atoms with Crippen molar-refractivity contribution in [3.8, 4) is 0 Å². The fourth-order valence-corrected chi connectivity index (χ4v) is 1.86. The van der Waals surface area contributed by atoms with Crippen molar-refractivity contribution in [2.75, 3.05) is 12.0 Å². The molecule has 0 amide bonds. The van der Waals surface area contributed by atoms with Crippen molar-refractivity contribution in [1.82, 2.24) is 9.78 Å². The quantitative estimate of drug-likeness (QED) is 0.833. The summed E-state index contributed by atoms with van der Waals surface area (Å²) in [5.74, 6) is 0.349. The van der Waals surface area contributed by atoms with E-state index >= 15 is 0 Å². The summed E-state index contributed by atoms with van der Waals surface area (Å²) in [4.78, 5) is 0. The molecule has 0 spiro atoms. The molecule has 1 heterocycles. The van der Waals surface area contributed by atoms with Crippen molar-refractivity contribution in [2.45, 2.75) is 11.6 Å². The Morgan fingerprint density at radius 1 is 1.44 bits per heavy atom. The van der Waals surface area contributed by atoms with Gasteiger partial charge in [0.05, 0.1) is 6.54 Å². The number of aromatic nitrogens is 2. The molecule has 84 valence electrons. The lowest BCUT2D eigenvalue weighted by atomic mass is 10.2. The van der Waals surface area contributed by atoms with Crippen molar-refractivity contribution in [3.05, 3.63) is 41.7 Å². The molecule has 2 rings (SSSR count). The van der Waals surface area contributed by atoms with Gasteiger partial charge in [-0.2, -0.15) is 5.10 Å². The number of thioether (sulfide) groups is 1. The van der Waals surface area contributed by atoms with Gasteiger partial charge in [0.25, 0.3) is 0 Å². The molecule has 16 heavy (non-hydrogen) atoms. The van der Waals surface area contributed by atoms with Crippen LogP contribution >= 0.6 is 11.8 Å². The van der Waals surface area contributed by atoms with Crippen LogP contribution in [0, 0.1) is 5.82 Å². The average molecular weight is 237 g/mol. The third kappa shape index (κ3) is 2.36. The number of benzene rings is 1. The SMILES string of the molecule is CSc1cc(N)n(Cc2cccc(F)c2)n1. The number of hydrogen-bond acceptors (Lipinski definition) is 3. The number of halogens is 1. The van der Waals surface area contributed by atoms with Gasteiger partial charge in [0.1, 0.15) is 16.7 Å². The molecule has 0 aliphatic carbocycles. The topological polar surface area (TPSA) is 43.8 Å². The van der Waals surface area contributed by atoms with E-state index in [2.05, 4.69) is 5.10 Å². The predicted molar refractivity (Wildman–Crippen MR) is 63.9 cm³/mol. The molecule has 0 atom stereocenters. The van der Waals surface area contributed by atoms with Gasteiger partial charge in [-0.1, -0.05) is 12.1 Å². The Morgan fingerprint density at radius 3 is 2.88 bits per heavy atom. The number of nitrogens with two attached hydrogens (primary N) is 1. The summed E-state index contributed by atoms with van der Waals surface area (Å²) in [5.41, 5.74) is 6.65. The molecule has 3 nitrogen and oxygen atoms in total. The number of nitrogen functional groups attached to an aromatic ring is 1. The predicted octanol–water partition coefficient (Wildman–Crippen LogP) is 2.37. The minimum atomic E-state index is -0.242. The fourth-order valence-electron chi connectivity index (χ4n) is 1.44. The molecule has 2 aromatic rings. The van der Waals surface area contributed by atoms with Crippen LogP contribution in [0.1, 0.15) is 5.56 Å². The van der Waals surface area contributed by atoms with E-state index in [9.17, 15) is 4.39 Å². The van der Waals surface area contributed by atoms with Gasteiger partial charge in [-0.3, -0.25) is 0 Å². The van der Waals surface area contributed by atoms with E-state index in [4.69, 9.17) is 5.73 Å². The van der Waals surface area contributed by atoms with Crippen molar-refractivity contribution in [3.63, 3.8) is 0 Å². The second-order valence-corrected chi connectivity index (χ2v) is 4.23. The van der Waals surface area contributed by atoms with Gasteiger partial charge >= 0.3 is 0 Å². The second-order valence-electron chi connectivity index (χ2n) is 3.40. The maximum Gasteiger partial charge on any atom is 0.123 e. The summed E-state index contributed by atoms with van der Waals surface area (Å²) >= 11 is 1.53. The van der Waals surface area contributed by atoms with Gasteiger partial charge in [0.15, 0.2) is 0 Å². The molecule has 0 saturated carbocycles. The molecule has 0 radical (unpaired) electrons. The van der Waals surface area contributed by atoms with E-state index in [-0.39, 0.29) is 5.82 Å². The first-order valence-corrected chi connectivity index (χ1v) is 6.03. The normalized spacial score (nSPS) is 10.6. The van der Waals surface area contributed by atoms with Crippen LogP contribution in [0.15, 0.2) is 35.4 Å². The number of hydrogen-bond donors (Lipinski definition) is 1. The summed E-state index contributed by atoms with van der Waals surface area (Å²) < 4.78 is 14.6. The van der Waals surface area contributed by atoms with E-state index in [0.717, 1.165) is 10.6 Å². The molecule has 0 bridgehead atoms. The van der Waals surface area contributed by atoms with E-state index < -0.39 is 0 Å². The summed E-state index contributed by atoms with van der Waals surface area (Å²) in [6, 6.07) is 8.25. The van der Waals surface area contributed by atoms with Crippen LogP contribution < -0.4 is 5.73 Å². The maximum atomic E-state index is 13.0. The first-order valence-electron chi connectivity index (χ1n) is 4.81. The molecule has 1 aromatic carbocycles. The Labute approximate surface area is 97.5 Å². The van der Waals surface area contributed by atoms with Crippen LogP contribution in [0.4, 0.5) is 10.2 Å². The zero-order valence-corrected chi connectivity index (χ0v) is 9.67. The standard InChI is InChI=1S/C11H12FN3S/c1-16-11-6-10(13)15(14-11)7-8-3-2-4-9(12)5-8/h2-6H,7,13H2,1H3. The molecule has 0 saturated heterocycles. The van der Waals surface area contributed by atoms with Crippen molar-refractivity contribution in [2.24, 2.45) is 0 Å². The highest BCUT2D eigenvalue weighted by Gasteiger charge is 2.05. The smallest absolute Gasteiger partial charge is 0.123 e. The van der Waals surface area contributed by atoms with Crippen LogP contribution in [0.2, 0.25) is 0 Å². The third-order valence-corrected chi connectivity index (χ3v) is 2.84. The number of anilines is 1. The summed E-state index contributed by atoms with van der Waals surface area (Å²) in [5, 5.41) is 5.15. The molecule has 0 fully saturated rings. The third-order valence-electron chi connectivity index (χ3n) is 2.22. The van der Waals surface area contributed by atoms with Crippen LogP contribution in [0.3, 0.4) is 0 Å². The minimum absolute atomic E-state index is 0.242. The van der Waals surface area contributed by atoms with E-state index in [0.29, 0.717) is 12.4 Å². The lowest BCUT2D eigenvalue weighted by Crippen LogP contribution is -2.05. The summed E-state index contributed by atoms with van der Waals surface area (Å²) in [6.07, 6.45) is 1.94. The fraction of sp³-hybridized carbons (Fsp3) is 0.182. The zero-order valence-electron chi connectivity index (χ0n) is 8.85. The van der Waals surface area contributed by atoms with E-state index in [1.54, 1.807) is 10.7 Å². The molecule has 0 aliphatic rings. The Balaban J connectivity index is 2.23. The first-order chi connectivity index (χ1) is 7.69. The Hall–Kier alpha value is -1.49. The highest BCUT2D eigenvalue weighted by atomic mass is 32.2. The summed E-state index contributed by atoms with van der Waals surface area (Å²) in [7, 11) is 0. The highest BCUT2D eigenvalue weighted by Crippen LogP contribution is 2.17. The lowest BCUT2D eigenvalue weighted by molar-refractivity contribution is 0.618. The number of rotatable bonds is 3. The minimum Gasteiger partial charge on any atom is -0.384 e. The second kappa shape index (κ2) is 4.57. The molecule has 2 N–H and O–H groups in total. The van der Waals surface area contributed by atoms with Crippen molar-refractivity contribution < 1.29 is 4.39 Å². The molecule has 0 unspecified atom stereocenters. The van der Waals surface area contributed by atoms with Crippen LogP contribution in [0.25, 0.3) is 0 Å². The lowest BCUT2D eigenvalue weighted by Gasteiger charge is -2.03. The number of nitrogens with zero attached hydrogens (tertiary/aromatic N) is 2. The van der Waals surface area contributed by atoms with Crippen LogP contribution in [-0.2, 0) is 6.54 Å². The maximum absolute atomic E-state index is 13.0. The zero-order chi connectivity index (χ0) is 11.5. The van der Waals surface area contributed by atoms with Gasteiger partial charge in [-0.25, -0.2) is 9.07 Å². The van der Waals surface area contributed by atoms with Gasteiger partial charge in [0, 0.05) is 6.07 Å². The summed E-state index contributed by atoms with van der Waals surface area (Å²) in [6.45, 7) is 0.490. The van der Waals surface area contributed by atoms with Gasteiger partial charge in [0.2, 0.25) is 0 Å². The Kier molecular flexibility index (Phi) is 3.14. The first kappa shape index (κ1) is 11.0. The molecule has 5 heteroatoms. The average Bonchev–Trinajstić information content (AvgIpc) is 2.60. The van der Waals surface area contributed by atoms with E-state index in [1.807, 2.05) is 18.4 Å². The molecular formula is C11H12FN3S.